The third-order valence-electron chi connectivity index (χ3n) is 3.16. The first-order chi connectivity index (χ1) is 8.72. The summed E-state index contributed by atoms with van der Waals surface area (Å²) in [7, 11) is 1.60. The monoisotopic (exact) mass is 249 g/mol. The molecule has 1 aliphatic rings. The first kappa shape index (κ1) is 12.9. The number of benzene rings is 1. The van der Waals surface area contributed by atoms with Crippen molar-refractivity contribution in [1.82, 2.24) is 5.32 Å². The number of carbonyl (C=O) groups excluding carboxylic acids is 1. The van der Waals surface area contributed by atoms with Crippen molar-refractivity contribution in [2.45, 2.75) is 18.9 Å². The molecule has 4 N–H and O–H groups in total. The van der Waals surface area contributed by atoms with Gasteiger partial charge in [-0.1, -0.05) is 12.1 Å². The zero-order valence-corrected chi connectivity index (χ0v) is 10.5. The number of hydrogen-bond acceptors (Lipinski definition) is 3. The summed E-state index contributed by atoms with van der Waals surface area (Å²) in [5.74, 6) is 0. The van der Waals surface area contributed by atoms with Crippen molar-refractivity contribution in [3.63, 3.8) is 0 Å². The largest absolute Gasteiger partial charge is 0.383 e. The van der Waals surface area contributed by atoms with Gasteiger partial charge in [-0.2, -0.15) is 0 Å². The minimum absolute atomic E-state index is 0.0957. The van der Waals surface area contributed by atoms with Crippen molar-refractivity contribution in [3.05, 3.63) is 29.3 Å². The Morgan fingerprint density at radius 1 is 1.56 bits per heavy atom. The minimum atomic E-state index is -0.207. The van der Waals surface area contributed by atoms with Crippen molar-refractivity contribution in [3.8, 4) is 0 Å². The Balaban J connectivity index is 2.00. The van der Waals surface area contributed by atoms with Crippen LogP contribution in [0.25, 0.3) is 0 Å². The normalized spacial score (nSPS) is 17.3. The van der Waals surface area contributed by atoms with E-state index in [0.717, 1.165) is 29.7 Å². The highest BCUT2D eigenvalue weighted by atomic mass is 16.5. The highest BCUT2D eigenvalue weighted by Crippen LogP contribution is 2.34. The van der Waals surface area contributed by atoms with Crippen molar-refractivity contribution in [1.29, 1.82) is 0 Å². The van der Waals surface area contributed by atoms with Gasteiger partial charge in [-0.25, -0.2) is 4.79 Å². The van der Waals surface area contributed by atoms with E-state index >= 15 is 0 Å². The number of amides is 2. The Kier molecular flexibility index (Phi) is 4.17. The lowest BCUT2D eigenvalue weighted by atomic mass is 10.1. The molecule has 0 saturated carbocycles. The Hall–Kier alpha value is -1.59. The third kappa shape index (κ3) is 2.80. The van der Waals surface area contributed by atoms with Crippen LogP contribution in [0.15, 0.2) is 18.2 Å². The van der Waals surface area contributed by atoms with Gasteiger partial charge in [0.2, 0.25) is 0 Å². The number of anilines is 1. The molecule has 0 fully saturated rings. The van der Waals surface area contributed by atoms with E-state index in [1.54, 1.807) is 7.11 Å². The van der Waals surface area contributed by atoms with Crippen LogP contribution >= 0.6 is 0 Å². The van der Waals surface area contributed by atoms with Gasteiger partial charge in [0.1, 0.15) is 0 Å². The molecule has 0 spiro atoms. The quantitative estimate of drug-likeness (QED) is 0.706. The molecule has 0 heterocycles. The standard InChI is InChI=1S/C13H19N3O2/c1-18-8-7-15-13(17)16-12-4-2-3-9-10(12)5-6-11(9)14/h2-4,11H,5-8,14H2,1H3,(H2,15,16,17). The smallest absolute Gasteiger partial charge is 0.319 e. The highest BCUT2D eigenvalue weighted by molar-refractivity contribution is 5.90. The molecule has 1 aromatic carbocycles. The molecule has 2 rings (SSSR count). The van der Waals surface area contributed by atoms with Gasteiger partial charge in [0, 0.05) is 25.4 Å². The first-order valence-electron chi connectivity index (χ1n) is 6.13. The third-order valence-corrected chi connectivity index (χ3v) is 3.16. The fourth-order valence-electron chi connectivity index (χ4n) is 2.24. The summed E-state index contributed by atoms with van der Waals surface area (Å²) in [5, 5.41) is 5.59. The predicted octanol–water partition coefficient (Wildman–Crippen LogP) is 1.40. The molecule has 0 aliphatic heterocycles. The maximum absolute atomic E-state index is 11.7. The van der Waals surface area contributed by atoms with E-state index in [1.165, 1.54) is 0 Å². The minimum Gasteiger partial charge on any atom is -0.383 e. The summed E-state index contributed by atoms with van der Waals surface area (Å²) in [6.45, 7) is 1.00. The van der Waals surface area contributed by atoms with Gasteiger partial charge in [0.25, 0.3) is 0 Å². The molecule has 1 aromatic rings. The summed E-state index contributed by atoms with van der Waals surface area (Å²) in [6, 6.07) is 5.75. The van der Waals surface area contributed by atoms with E-state index in [-0.39, 0.29) is 12.1 Å². The van der Waals surface area contributed by atoms with Crippen molar-refractivity contribution in [2.24, 2.45) is 5.73 Å². The Bertz CT molecular complexity index is 434. The maximum atomic E-state index is 11.7. The molecule has 0 bridgehead atoms. The molecule has 0 radical (unpaired) electrons. The highest BCUT2D eigenvalue weighted by Gasteiger charge is 2.21. The first-order valence-corrected chi connectivity index (χ1v) is 6.13. The molecule has 1 aliphatic carbocycles. The molecule has 98 valence electrons. The van der Waals surface area contributed by atoms with Crippen molar-refractivity contribution >= 4 is 11.7 Å². The van der Waals surface area contributed by atoms with Crippen LogP contribution in [0.2, 0.25) is 0 Å². The summed E-state index contributed by atoms with van der Waals surface area (Å²) >= 11 is 0. The van der Waals surface area contributed by atoms with Gasteiger partial charge in [0.15, 0.2) is 0 Å². The van der Waals surface area contributed by atoms with Crippen LogP contribution in [-0.2, 0) is 11.2 Å². The Morgan fingerprint density at radius 2 is 2.39 bits per heavy atom. The second-order valence-electron chi connectivity index (χ2n) is 4.39. The molecule has 5 heteroatoms. The summed E-state index contributed by atoms with van der Waals surface area (Å²) in [5.41, 5.74) is 9.16. The molecule has 1 unspecified atom stereocenters. The van der Waals surface area contributed by atoms with E-state index in [1.807, 2.05) is 18.2 Å². The number of methoxy groups -OCH3 is 1. The molecule has 0 saturated heterocycles. The molecular formula is C13H19N3O2. The molecule has 18 heavy (non-hydrogen) atoms. The summed E-state index contributed by atoms with van der Waals surface area (Å²) in [6.07, 6.45) is 1.87. The van der Waals surface area contributed by atoms with Gasteiger partial charge >= 0.3 is 6.03 Å². The molecule has 1 atom stereocenters. The fraction of sp³-hybridized carbons (Fsp3) is 0.462. The lowest BCUT2D eigenvalue weighted by molar-refractivity contribution is 0.198. The molecule has 5 nitrogen and oxygen atoms in total. The SMILES string of the molecule is COCCNC(=O)Nc1cccc2c1CCC2N. The van der Waals surface area contributed by atoms with Crippen LogP contribution in [0.5, 0.6) is 0 Å². The topological polar surface area (TPSA) is 76.4 Å². The van der Waals surface area contributed by atoms with Gasteiger partial charge < -0.3 is 21.1 Å². The lowest BCUT2D eigenvalue weighted by Crippen LogP contribution is -2.31. The predicted molar refractivity (Wildman–Crippen MR) is 70.6 cm³/mol. The summed E-state index contributed by atoms with van der Waals surface area (Å²) in [4.78, 5) is 11.7. The average Bonchev–Trinajstić information content (AvgIpc) is 2.73. The van der Waals surface area contributed by atoms with Crippen LogP contribution in [0, 0.1) is 0 Å². The number of rotatable bonds is 4. The second kappa shape index (κ2) is 5.84. The molecule has 0 aromatic heterocycles. The maximum Gasteiger partial charge on any atom is 0.319 e. The van der Waals surface area contributed by atoms with Crippen LogP contribution in [0.4, 0.5) is 10.5 Å². The zero-order valence-electron chi connectivity index (χ0n) is 10.5. The van der Waals surface area contributed by atoms with Crippen molar-refractivity contribution in [2.75, 3.05) is 25.6 Å². The van der Waals surface area contributed by atoms with E-state index in [0.29, 0.717) is 13.2 Å². The van der Waals surface area contributed by atoms with Gasteiger partial charge in [0.05, 0.1) is 6.61 Å². The van der Waals surface area contributed by atoms with Crippen LogP contribution in [0.3, 0.4) is 0 Å². The van der Waals surface area contributed by atoms with Gasteiger partial charge in [-0.15, -0.1) is 0 Å². The van der Waals surface area contributed by atoms with Crippen LogP contribution in [-0.4, -0.2) is 26.3 Å². The van der Waals surface area contributed by atoms with Gasteiger partial charge in [-0.3, -0.25) is 0 Å². The number of fused-ring (bicyclic) bond motifs is 1. The number of nitrogens with two attached hydrogens (primary N) is 1. The number of urea groups is 1. The fourth-order valence-corrected chi connectivity index (χ4v) is 2.24. The lowest BCUT2D eigenvalue weighted by Gasteiger charge is -2.12. The van der Waals surface area contributed by atoms with E-state index < -0.39 is 0 Å². The number of hydrogen-bond donors (Lipinski definition) is 3. The number of carbonyl (C=O) groups is 1. The van der Waals surface area contributed by atoms with Gasteiger partial charge in [-0.05, 0) is 30.0 Å². The van der Waals surface area contributed by atoms with Crippen molar-refractivity contribution < 1.29 is 9.53 Å². The molecular weight excluding hydrogens is 230 g/mol. The average molecular weight is 249 g/mol. The Morgan fingerprint density at radius 3 is 3.17 bits per heavy atom. The van der Waals surface area contributed by atoms with E-state index in [4.69, 9.17) is 10.5 Å². The van der Waals surface area contributed by atoms with Crippen LogP contribution < -0.4 is 16.4 Å². The Labute approximate surface area is 107 Å². The van der Waals surface area contributed by atoms with E-state index in [2.05, 4.69) is 10.6 Å². The number of nitrogens with one attached hydrogen (secondary N) is 2. The van der Waals surface area contributed by atoms with E-state index in [9.17, 15) is 4.79 Å². The zero-order chi connectivity index (χ0) is 13.0. The summed E-state index contributed by atoms with van der Waals surface area (Å²) < 4.78 is 4.87. The molecule has 2 amide bonds. The second-order valence-corrected chi connectivity index (χ2v) is 4.39. The van der Waals surface area contributed by atoms with Crippen LogP contribution in [0.1, 0.15) is 23.6 Å². The number of ether oxygens (including phenoxy) is 1.